The topological polar surface area (TPSA) is 68.0 Å². The molecule has 3 N–H and O–H groups in total. The number of carbonyl (C=O) groups is 1. The fraction of sp³-hybridized carbons (Fsp3) is 0.286. The number of carbonyl (C=O) groups excluding carboxylic acids is 1. The number of benzene rings is 1. The second-order valence-electron chi connectivity index (χ2n) is 4.46. The average Bonchev–Trinajstić information content (AvgIpc) is 2.78. The Labute approximate surface area is 116 Å². The normalized spacial score (nSPS) is 10.4. The number of aryl methyl sites for hydroxylation is 2. The van der Waals surface area contributed by atoms with Crippen LogP contribution >= 0.6 is 11.3 Å². The molecule has 0 saturated carbocycles. The largest absolute Gasteiger partial charge is 0.398 e. The van der Waals surface area contributed by atoms with Gasteiger partial charge in [0, 0.05) is 35.3 Å². The zero-order valence-electron chi connectivity index (χ0n) is 11.1. The van der Waals surface area contributed by atoms with E-state index in [0.717, 1.165) is 22.7 Å². The van der Waals surface area contributed by atoms with Crippen molar-refractivity contribution < 1.29 is 4.79 Å². The van der Waals surface area contributed by atoms with Crippen LogP contribution in [0.1, 0.15) is 26.6 Å². The Morgan fingerprint density at radius 2 is 2.21 bits per heavy atom. The number of hydrogen-bond donors (Lipinski definition) is 2. The summed E-state index contributed by atoms with van der Waals surface area (Å²) in [5.41, 5.74) is 9.04. The van der Waals surface area contributed by atoms with E-state index in [2.05, 4.69) is 10.3 Å². The fourth-order valence-corrected chi connectivity index (χ4v) is 2.46. The van der Waals surface area contributed by atoms with Crippen molar-refractivity contribution in [2.45, 2.75) is 20.3 Å². The van der Waals surface area contributed by atoms with Crippen molar-refractivity contribution in [2.75, 3.05) is 12.3 Å². The van der Waals surface area contributed by atoms with Crippen LogP contribution in [0.5, 0.6) is 0 Å². The molecule has 0 radical (unpaired) electrons. The van der Waals surface area contributed by atoms with Crippen molar-refractivity contribution in [1.29, 1.82) is 0 Å². The SMILES string of the molecule is Cc1csc(CCNC(=O)c2ccc(C)c(N)c2)n1. The molecule has 1 aromatic heterocycles. The third-order valence-corrected chi connectivity index (χ3v) is 3.86. The molecule has 0 fully saturated rings. The van der Waals surface area contributed by atoms with Crippen LogP contribution < -0.4 is 11.1 Å². The summed E-state index contributed by atoms with van der Waals surface area (Å²) in [7, 11) is 0. The number of nitrogens with one attached hydrogen (secondary N) is 1. The Morgan fingerprint density at radius 1 is 1.42 bits per heavy atom. The van der Waals surface area contributed by atoms with Gasteiger partial charge >= 0.3 is 0 Å². The van der Waals surface area contributed by atoms with Gasteiger partial charge in [-0.15, -0.1) is 11.3 Å². The number of nitrogen functional groups attached to an aromatic ring is 1. The van der Waals surface area contributed by atoms with Gasteiger partial charge in [0.25, 0.3) is 5.91 Å². The highest BCUT2D eigenvalue weighted by Crippen LogP contribution is 2.13. The first-order valence-corrected chi connectivity index (χ1v) is 6.99. The van der Waals surface area contributed by atoms with E-state index in [1.165, 1.54) is 0 Å². The Balaban J connectivity index is 1.89. The highest BCUT2D eigenvalue weighted by molar-refractivity contribution is 7.09. The summed E-state index contributed by atoms with van der Waals surface area (Å²) in [6.07, 6.45) is 0.756. The average molecular weight is 275 g/mol. The number of nitrogens with zero attached hydrogens (tertiary/aromatic N) is 1. The zero-order valence-corrected chi connectivity index (χ0v) is 11.9. The van der Waals surface area contributed by atoms with Gasteiger partial charge in [0.1, 0.15) is 0 Å². The monoisotopic (exact) mass is 275 g/mol. The van der Waals surface area contributed by atoms with Crippen LogP contribution in [0.15, 0.2) is 23.6 Å². The molecule has 0 atom stereocenters. The maximum atomic E-state index is 11.9. The first-order valence-electron chi connectivity index (χ1n) is 6.11. The van der Waals surface area contributed by atoms with Crippen molar-refractivity contribution in [2.24, 2.45) is 0 Å². The van der Waals surface area contributed by atoms with Crippen LogP contribution in [-0.2, 0) is 6.42 Å². The summed E-state index contributed by atoms with van der Waals surface area (Å²) >= 11 is 1.62. The van der Waals surface area contributed by atoms with Gasteiger partial charge in [-0.2, -0.15) is 0 Å². The van der Waals surface area contributed by atoms with Crippen molar-refractivity contribution in [3.63, 3.8) is 0 Å². The van der Waals surface area contributed by atoms with Crippen LogP contribution in [0.3, 0.4) is 0 Å². The molecule has 2 rings (SSSR count). The van der Waals surface area contributed by atoms with E-state index in [4.69, 9.17) is 5.73 Å². The molecule has 5 heteroatoms. The van der Waals surface area contributed by atoms with E-state index >= 15 is 0 Å². The molecule has 0 aliphatic carbocycles. The molecular formula is C14H17N3OS. The van der Waals surface area contributed by atoms with Crippen molar-refractivity contribution in [3.8, 4) is 0 Å². The molecule has 4 nitrogen and oxygen atoms in total. The van der Waals surface area contributed by atoms with Gasteiger partial charge in [-0.1, -0.05) is 6.07 Å². The molecule has 0 unspecified atom stereocenters. The quantitative estimate of drug-likeness (QED) is 0.841. The number of hydrogen-bond acceptors (Lipinski definition) is 4. The highest BCUT2D eigenvalue weighted by atomic mass is 32.1. The maximum Gasteiger partial charge on any atom is 0.251 e. The minimum atomic E-state index is -0.0972. The number of aromatic nitrogens is 1. The molecule has 0 spiro atoms. The summed E-state index contributed by atoms with van der Waals surface area (Å²) in [6, 6.07) is 5.35. The molecule has 1 amide bonds. The third kappa shape index (κ3) is 3.54. The standard InChI is InChI=1S/C14H17N3OS/c1-9-3-4-11(7-12(9)15)14(18)16-6-5-13-17-10(2)8-19-13/h3-4,7-8H,5-6,15H2,1-2H3,(H,16,18). The van der Waals surface area contributed by atoms with Crippen molar-refractivity contribution in [1.82, 2.24) is 10.3 Å². The molecule has 1 heterocycles. The lowest BCUT2D eigenvalue weighted by Crippen LogP contribution is -2.25. The molecule has 0 saturated heterocycles. The number of amides is 1. The highest BCUT2D eigenvalue weighted by Gasteiger charge is 2.07. The van der Waals surface area contributed by atoms with Crippen LogP contribution in [0.4, 0.5) is 5.69 Å². The number of rotatable bonds is 4. The first kappa shape index (κ1) is 13.5. The van der Waals surface area contributed by atoms with Crippen molar-refractivity contribution >= 4 is 22.9 Å². The van der Waals surface area contributed by atoms with Gasteiger partial charge in [-0.3, -0.25) is 4.79 Å². The predicted molar refractivity (Wildman–Crippen MR) is 78.5 cm³/mol. The molecule has 0 bridgehead atoms. The maximum absolute atomic E-state index is 11.9. The van der Waals surface area contributed by atoms with Gasteiger partial charge in [-0.05, 0) is 31.5 Å². The van der Waals surface area contributed by atoms with Gasteiger partial charge in [0.05, 0.1) is 5.01 Å². The molecule has 0 aliphatic heterocycles. The summed E-state index contributed by atoms with van der Waals surface area (Å²) in [5, 5.41) is 5.93. The lowest BCUT2D eigenvalue weighted by Gasteiger charge is -2.06. The number of thiazole rings is 1. The Morgan fingerprint density at radius 3 is 2.84 bits per heavy atom. The summed E-state index contributed by atoms with van der Waals surface area (Å²) < 4.78 is 0. The molecule has 2 aromatic rings. The lowest BCUT2D eigenvalue weighted by molar-refractivity contribution is 0.0954. The van der Waals surface area contributed by atoms with Crippen LogP contribution in [0.2, 0.25) is 0 Å². The van der Waals surface area contributed by atoms with Crippen molar-refractivity contribution in [3.05, 3.63) is 45.4 Å². The summed E-state index contributed by atoms with van der Waals surface area (Å²) in [4.78, 5) is 16.3. The fourth-order valence-electron chi connectivity index (χ4n) is 1.68. The Kier molecular flexibility index (Phi) is 4.16. The lowest BCUT2D eigenvalue weighted by atomic mass is 10.1. The molecule has 100 valence electrons. The third-order valence-electron chi connectivity index (χ3n) is 2.83. The minimum Gasteiger partial charge on any atom is -0.398 e. The van der Waals surface area contributed by atoms with E-state index in [-0.39, 0.29) is 5.91 Å². The molecule has 19 heavy (non-hydrogen) atoms. The Bertz CT molecular complexity index is 592. The molecule has 0 aliphatic rings. The summed E-state index contributed by atoms with van der Waals surface area (Å²) in [6.45, 7) is 4.47. The number of anilines is 1. The molecule has 1 aromatic carbocycles. The van der Waals surface area contributed by atoms with Gasteiger partial charge < -0.3 is 11.1 Å². The van der Waals surface area contributed by atoms with E-state index in [9.17, 15) is 4.79 Å². The summed E-state index contributed by atoms with van der Waals surface area (Å²) in [5.74, 6) is -0.0972. The van der Waals surface area contributed by atoms with Crippen LogP contribution in [0.25, 0.3) is 0 Å². The smallest absolute Gasteiger partial charge is 0.251 e. The van der Waals surface area contributed by atoms with E-state index in [1.54, 1.807) is 23.5 Å². The van der Waals surface area contributed by atoms with E-state index in [0.29, 0.717) is 17.8 Å². The van der Waals surface area contributed by atoms with Crippen LogP contribution in [0, 0.1) is 13.8 Å². The van der Waals surface area contributed by atoms with Gasteiger partial charge in [-0.25, -0.2) is 4.98 Å². The zero-order chi connectivity index (χ0) is 13.8. The second kappa shape index (κ2) is 5.84. The second-order valence-corrected chi connectivity index (χ2v) is 5.40. The minimum absolute atomic E-state index is 0.0972. The Hall–Kier alpha value is -1.88. The van der Waals surface area contributed by atoms with E-state index < -0.39 is 0 Å². The predicted octanol–water partition coefficient (Wildman–Crippen LogP) is 2.31. The van der Waals surface area contributed by atoms with E-state index in [1.807, 2.05) is 25.3 Å². The molecular weight excluding hydrogens is 258 g/mol. The van der Waals surface area contributed by atoms with Gasteiger partial charge in [0.2, 0.25) is 0 Å². The van der Waals surface area contributed by atoms with Crippen LogP contribution in [-0.4, -0.2) is 17.4 Å². The van der Waals surface area contributed by atoms with Gasteiger partial charge in [0.15, 0.2) is 0 Å². The first-order chi connectivity index (χ1) is 9.06. The number of nitrogens with two attached hydrogens (primary N) is 1.